The molecule has 0 aliphatic heterocycles. The van der Waals surface area contributed by atoms with Gasteiger partial charge in [0.1, 0.15) is 6.04 Å². The van der Waals surface area contributed by atoms with Crippen LogP contribution in [0.1, 0.15) is 18.3 Å². The van der Waals surface area contributed by atoms with Crippen LogP contribution >= 0.6 is 0 Å². The lowest BCUT2D eigenvalue weighted by Gasteiger charge is -2.09. The quantitative estimate of drug-likeness (QED) is 0.580. The summed E-state index contributed by atoms with van der Waals surface area (Å²) in [5, 5.41) is 20.6. The monoisotopic (exact) mass is 240 g/mol. The fraction of sp³-hybridized carbons (Fsp3) is 0.500. The highest BCUT2D eigenvalue weighted by atomic mass is 16.4. The maximum atomic E-state index is 11.5. The van der Waals surface area contributed by atoms with Crippen molar-refractivity contribution in [2.45, 2.75) is 26.8 Å². The number of hydrogen-bond donors (Lipinski definition) is 4. The number of carboxylic acid groups (broad SMARTS) is 1. The van der Waals surface area contributed by atoms with Crippen molar-refractivity contribution in [2.24, 2.45) is 0 Å². The van der Waals surface area contributed by atoms with Crippen molar-refractivity contribution in [3.8, 4) is 0 Å². The van der Waals surface area contributed by atoms with E-state index in [0.717, 1.165) is 5.69 Å². The minimum Gasteiger partial charge on any atom is -0.480 e. The molecule has 0 spiro atoms. The Morgan fingerprint density at radius 1 is 1.47 bits per heavy atom. The van der Waals surface area contributed by atoms with E-state index in [1.165, 1.54) is 6.92 Å². The number of carbonyl (C=O) groups is 2. The first-order chi connectivity index (χ1) is 7.91. The van der Waals surface area contributed by atoms with Crippen molar-refractivity contribution in [3.05, 3.63) is 11.4 Å². The number of aliphatic carboxylic acids is 1. The number of hydrogen-bond acceptors (Lipinski definition) is 4. The molecule has 4 N–H and O–H groups in total. The van der Waals surface area contributed by atoms with E-state index >= 15 is 0 Å². The van der Waals surface area contributed by atoms with Gasteiger partial charge in [0, 0.05) is 0 Å². The number of nitrogens with zero attached hydrogens (tertiary/aromatic N) is 1. The Balaban J connectivity index is 2.48. The molecule has 1 amide bonds. The van der Waals surface area contributed by atoms with E-state index in [4.69, 9.17) is 5.11 Å². The third-order valence-electron chi connectivity index (χ3n) is 2.33. The highest BCUT2D eigenvalue weighted by Gasteiger charge is 2.13. The summed E-state index contributed by atoms with van der Waals surface area (Å²) < 4.78 is 0. The molecule has 0 fully saturated rings. The van der Waals surface area contributed by atoms with E-state index in [2.05, 4.69) is 20.8 Å². The van der Waals surface area contributed by atoms with Crippen LogP contribution in [0.2, 0.25) is 0 Å². The number of anilines is 1. The summed E-state index contributed by atoms with van der Waals surface area (Å²) in [6, 6.07) is -0.757. The Bertz CT molecular complexity index is 408. The molecule has 0 saturated heterocycles. The highest BCUT2D eigenvalue weighted by molar-refractivity contribution is 5.93. The van der Waals surface area contributed by atoms with Crippen molar-refractivity contribution in [3.63, 3.8) is 0 Å². The second kappa shape index (κ2) is 5.44. The molecule has 94 valence electrons. The molecule has 7 nitrogen and oxygen atoms in total. The molecule has 1 aromatic heterocycles. The average Bonchev–Trinajstić information content (AvgIpc) is 2.57. The van der Waals surface area contributed by atoms with Gasteiger partial charge in [0.25, 0.3) is 0 Å². The molecule has 1 heterocycles. The standard InChI is InChI=1S/C10H16N4O3/c1-5-9(6(2)14-13-5)12-8(15)4-11-7(3)10(16)17/h7,11H,4H2,1-3H3,(H,12,15)(H,13,14)(H,16,17). The van der Waals surface area contributed by atoms with Crippen LogP contribution in [0.25, 0.3) is 0 Å². The molecule has 0 bridgehead atoms. The number of H-pyrrole nitrogens is 1. The van der Waals surface area contributed by atoms with Gasteiger partial charge in [-0.05, 0) is 20.8 Å². The van der Waals surface area contributed by atoms with Crippen molar-refractivity contribution >= 4 is 17.6 Å². The number of aromatic amines is 1. The lowest BCUT2D eigenvalue weighted by Crippen LogP contribution is -2.39. The number of amides is 1. The number of aryl methyl sites for hydroxylation is 2. The summed E-state index contributed by atoms with van der Waals surface area (Å²) in [4.78, 5) is 22.1. The predicted molar refractivity (Wildman–Crippen MR) is 61.8 cm³/mol. The predicted octanol–water partition coefficient (Wildman–Crippen LogP) is 0.0277. The first-order valence-corrected chi connectivity index (χ1v) is 5.19. The molecule has 1 atom stereocenters. The second-order valence-electron chi connectivity index (χ2n) is 3.80. The summed E-state index contributed by atoms with van der Waals surface area (Å²) in [6.07, 6.45) is 0. The molecule has 17 heavy (non-hydrogen) atoms. The first-order valence-electron chi connectivity index (χ1n) is 5.19. The first kappa shape index (κ1) is 13.2. The zero-order chi connectivity index (χ0) is 13.0. The number of rotatable bonds is 5. The Morgan fingerprint density at radius 2 is 2.12 bits per heavy atom. The van der Waals surface area contributed by atoms with Crippen molar-refractivity contribution in [1.82, 2.24) is 15.5 Å². The number of carboxylic acids is 1. The summed E-state index contributed by atoms with van der Waals surface area (Å²) in [5.74, 6) is -1.29. The van der Waals surface area contributed by atoms with E-state index in [0.29, 0.717) is 11.4 Å². The largest absolute Gasteiger partial charge is 0.480 e. The molecule has 7 heteroatoms. The average molecular weight is 240 g/mol. The van der Waals surface area contributed by atoms with Crippen LogP contribution in [0.5, 0.6) is 0 Å². The third kappa shape index (κ3) is 3.56. The van der Waals surface area contributed by atoms with Gasteiger partial charge in [-0.3, -0.25) is 20.0 Å². The van der Waals surface area contributed by atoms with Crippen LogP contribution < -0.4 is 10.6 Å². The molecule has 0 radical (unpaired) electrons. The van der Waals surface area contributed by atoms with Crippen molar-refractivity contribution < 1.29 is 14.7 Å². The van der Waals surface area contributed by atoms with Gasteiger partial charge in [0.15, 0.2) is 0 Å². The van der Waals surface area contributed by atoms with Gasteiger partial charge in [-0.25, -0.2) is 0 Å². The second-order valence-corrected chi connectivity index (χ2v) is 3.80. The SMILES string of the molecule is Cc1n[nH]c(C)c1NC(=O)CNC(C)C(=O)O. The Hall–Kier alpha value is -1.89. The minimum atomic E-state index is -0.992. The van der Waals surface area contributed by atoms with Gasteiger partial charge >= 0.3 is 5.97 Å². The lowest BCUT2D eigenvalue weighted by molar-refractivity contribution is -0.139. The lowest BCUT2D eigenvalue weighted by atomic mass is 10.3. The topological polar surface area (TPSA) is 107 Å². The molecule has 0 aromatic carbocycles. The Kier molecular flexibility index (Phi) is 4.22. The molecule has 1 rings (SSSR count). The van der Waals surface area contributed by atoms with Crippen LogP contribution in [0.15, 0.2) is 0 Å². The van der Waals surface area contributed by atoms with Crippen LogP contribution in [0.4, 0.5) is 5.69 Å². The normalized spacial score (nSPS) is 12.2. The Morgan fingerprint density at radius 3 is 2.59 bits per heavy atom. The molecule has 1 unspecified atom stereocenters. The molecule has 0 saturated carbocycles. The van der Waals surface area contributed by atoms with E-state index in [-0.39, 0.29) is 12.5 Å². The van der Waals surface area contributed by atoms with E-state index in [1.807, 2.05) is 0 Å². The van der Waals surface area contributed by atoms with Gasteiger partial charge in [0.2, 0.25) is 5.91 Å². The summed E-state index contributed by atoms with van der Waals surface area (Å²) >= 11 is 0. The fourth-order valence-electron chi connectivity index (χ4n) is 1.25. The van der Waals surface area contributed by atoms with Crippen LogP contribution in [0, 0.1) is 13.8 Å². The molecule has 0 aliphatic carbocycles. The van der Waals surface area contributed by atoms with E-state index in [1.54, 1.807) is 13.8 Å². The third-order valence-corrected chi connectivity index (χ3v) is 2.33. The number of carbonyl (C=O) groups excluding carboxylic acids is 1. The summed E-state index contributed by atoms with van der Waals surface area (Å²) in [7, 11) is 0. The van der Waals surface area contributed by atoms with Gasteiger partial charge in [-0.15, -0.1) is 0 Å². The fourth-order valence-corrected chi connectivity index (χ4v) is 1.25. The molecular weight excluding hydrogens is 224 g/mol. The molecule has 1 aromatic rings. The zero-order valence-corrected chi connectivity index (χ0v) is 10.00. The maximum Gasteiger partial charge on any atom is 0.320 e. The smallest absolute Gasteiger partial charge is 0.320 e. The number of nitrogens with one attached hydrogen (secondary N) is 3. The van der Waals surface area contributed by atoms with E-state index < -0.39 is 12.0 Å². The molecule has 0 aliphatic rings. The summed E-state index contributed by atoms with van der Waals surface area (Å²) in [5.41, 5.74) is 2.10. The highest BCUT2D eigenvalue weighted by Crippen LogP contribution is 2.15. The van der Waals surface area contributed by atoms with Gasteiger partial charge < -0.3 is 10.4 Å². The zero-order valence-electron chi connectivity index (χ0n) is 10.00. The van der Waals surface area contributed by atoms with Crippen molar-refractivity contribution in [1.29, 1.82) is 0 Å². The van der Waals surface area contributed by atoms with Crippen LogP contribution in [-0.4, -0.2) is 39.8 Å². The van der Waals surface area contributed by atoms with Crippen LogP contribution in [-0.2, 0) is 9.59 Å². The summed E-state index contributed by atoms with van der Waals surface area (Å²) in [6.45, 7) is 4.98. The minimum absolute atomic E-state index is 0.0580. The van der Waals surface area contributed by atoms with Gasteiger partial charge in [0.05, 0.1) is 23.6 Å². The van der Waals surface area contributed by atoms with Gasteiger partial charge in [-0.2, -0.15) is 5.10 Å². The van der Waals surface area contributed by atoms with Crippen LogP contribution in [0.3, 0.4) is 0 Å². The Labute approximate surface area is 98.6 Å². The molecular formula is C10H16N4O3. The maximum absolute atomic E-state index is 11.5. The van der Waals surface area contributed by atoms with E-state index in [9.17, 15) is 9.59 Å². The van der Waals surface area contributed by atoms with Gasteiger partial charge in [-0.1, -0.05) is 0 Å². The van der Waals surface area contributed by atoms with Crippen molar-refractivity contribution in [2.75, 3.05) is 11.9 Å². The number of aromatic nitrogens is 2.